The van der Waals surface area contributed by atoms with Crippen LogP contribution in [0.25, 0.3) is 0 Å². The van der Waals surface area contributed by atoms with Crippen molar-refractivity contribution in [2.45, 2.75) is 37.8 Å². The van der Waals surface area contributed by atoms with Crippen molar-refractivity contribution in [3.8, 4) is 0 Å². The molecule has 1 amide bonds. The van der Waals surface area contributed by atoms with Crippen LogP contribution in [0.3, 0.4) is 0 Å². The molecular weight excluding hydrogens is 324 g/mol. The second kappa shape index (κ2) is 7.31. The average molecular weight is 345 g/mol. The molecule has 3 rings (SSSR count). The minimum absolute atomic E-state index is 0.201. The number of aliphatic hydroxyl groups is 1. The lowest BCUT2D eigenvalue weighted by atomic mass is 10.0. The van der Waals surface area contributed by atoms with Crippen molar-refractivity contribution in [3.05, 3.63) is 71.3 Å². The minimum Gasteiger partial charge on any atom is -0.391 e. The van der Waals surface area contributed by atoms with Gasteiger partial charge in [0, 0.05) is 18.4 Å². The van der Waals surface area contributed by atoms with Gasteiger partial charge in [-0.3, -0.25) is 4.79 Å². The Kier molecular flexibility index (Phi) is 5.13. The molecule has 1 saturated carbocycles. The number of aliphatic hydroxyl groups excluding tert-OH is 1. The van der Waals surface area contributed by atoms with Crippen molar-refractivity contribution in [1.82, 2.24) is 5.32 Å². The van der Waals surface area contributed by atoms with Crippen molar-refractivity contribution < 1.29 is 18.7 Å². The predicted molar refractivity (Wildman–Crippen MR) is 91.0 cm³/mol. The summed E-state index contributed by atoms with van der Waals surface area (Å²) in [5.41, 5.74) is 1.37. The summed E-state index contributed by atoms with van der Waals surface area (Å²) in [7, 11) is 0. The van der Waals surface area contributed by atoms with Gasteiger partial charge in [0.25, 0.3) is 0 Å². The van der Waals surface area contributed by atoms with Gasteiger partial charge in [-0.05, 0) is 36.5 Å². The summed E-state index contributed by atoms with van der Waals surface area (Å²) in [5.74, 6) is -1.99. The first-order valence-corrected chi connectivity index (χ1v) is 8.43. The van der Waals surface area contributed by atoms with E-state index in [2.05, 4.69) is 5.32 Å². The van der Waals surface area contributed by atoms with Crippen LogP contribution >= 0.6 is 0 Å². The highest BCUT2D eigenvalue weighted by Crippen LogP contribution is 2.48. The Labute approximate surface area is 145 Å². The van der Waals surface area contributed by atoms with Crippen molar-refractivity contribution in [2.75, 3.05) is 0 Å². The lowest BCUT2D eigenvalue weighted by Crippen LogP contribution is -2.43. The van der Waals surface area contributed by atoms with E-state index in [1.165, 1.54) is 12.1 Å². The number of carbonyl (C=O) groups excluding carboxylic acids is 1. The highest BCUT2D eigenvalue weighted by atomic mass is 19.1. The summed E-state index contributed by atoms with van der Waals surface area (Å²) in [5, 5.41) is 13.1. The van der Waals surface area contributed by atoms with Gasteiger partial charge in [-0.2, -0.15) is 0 Å². The Morgan fingerprint density at radius 1 is 1.24 bits per heavy atom. The van der Waals surface area contributed by atoms with Crippen LogP contribution in [0.15, 0.2) is 48.5 Å². The number of hydrogen-bond donors (Lipinski definition) is 2. The summed E-state index contributed by atoms with van der Waals surface area (Å²) >= 11 is 0. The van der Waals surface area contributed by atoms with Crippen LogP contribution in [0.2, 0.25) is 0 Å². The first-order chi connectivity index (χ1) is 12.0. The molecule has 2 aromatic carbocycles. The number of nitrogens with one attached hydrogen (secondary N) is 1. The van der Waals surface area contributed by atoms with Crippen LogP contribution < -0.4 is 5.32 Å². The van der Waals surface area contributed by atoms with Gasteiger partial charge in [-0.25, -0.2) is 8.78 Å². The number of amides is 1. The molecule has 0 heterocycles. The van der Waals surface area contributed by atoms with Crippen LogP contribution in [0.5, 0.6) is 0 Å². The highest BCUT2D eigenvalue weighted by molar-refractivity contribution is 5.83. The molecule has 1 fully saturated rings. The van der Waals surface area contributed by atoms with Crippen molar-refractivity contribution in [1.29, 1.82) is 0 Å². The molecule has 4 unspecified atom stereocenters. The quantitative estimate of drug-likeness (QED) is 0.845. The van der Waals surface area contributed by atoms with E-state index in [-0.39, 0.29) is 17.7 Å². The summed E-state index contributed by atoms with van der Waals surface area (Å²) < 4.78 is 26.8. The molecule has 0 radical (unpaired) electrons. The zero-order valence-corrected chi connectivity index (χ0v) is 14.0. The van der Waals surface area contributed by atoms with Gasteiger partial charge in [0.2, 0.25) is 5.91 Å². The first-order valence-electron chi connectivity index (χ1n) is 8.43. The molecule has 3 nitrogen and oxygen atoms in total. The van der Waals surface area contributed by atoms with Gasteiger partial charge in [0.1, 0.15) is 11.6 Å². The fourth-order valence-corrected chi connectivity index (χ4v) is 3.09. The first kappa shape index (κ1) is 17.5. The molecule has 0 saturated heterocycles. The molecule has 1 aliphatic carbocycles. The van der Waals surface area contributed by atoms with Gasteiger partial charge in [0.05, 0.1) is 12.1 Å². The number of hydrogen-bond acceptors (Lipinski definition) is 2. The molecule has 1 aliphatic rings. The summed E-state index contributed by atoms with van der Waals surface area (Å²) in [6.45, 7) is 1.75. The fourth-order valence-electron chi connectivity index (χ4n) is 3.09. The third-order valence-electron chi connectivity index (χ3n) is 4.72. The summed E-state index contributed by atoms with van der Waals surface area (Å²) in [4.78, 5) is 12.3. The van der Waals surface area contributed by atoms with Crippen LogP contribution in [0.4, 0.5) is 8.78 Å². The molecule has 2 N–H and O–H groups in total. The lowest BCUT2D eigenvalue weighted by molar-refractivity contribution is -0.123. The SMILES string of the molecule is CC(NC(=O)C1CC1c1ccc(F)cc1F)C(O)Cc1ccccc1. The monoisotopic (exact) mass is 345 g/mol. The van der Waals surface area contributed by atoms with Gasteiger partial charge in [0.15, 0.2) is 0 Å². The second-order valence-corrected chi connectivity index (χ2v) is 6.67. The molecule has 4 atom stereocenters. The zero-order chi connectivity index (χ0) is 18.0. The Hall–Kier alpha value is -2.27. The van der Waals surface area contributed by atoms with Gasteiger partial charge >= 0.3 is 0 Å². The van der Waals surface area contributed by atoms with Crippen molar-refractivity contribution in [2.24, 2.45) is 5.92 Å². The van der Waals surface area contributed by atoms with E-state index in [1.807, 2.05) is 30.3 Å². The van der Waals surface area contributed by atoms with Gasteiger partial charge < -0.3 is 10.4 Å². The van der Waals surface area contributed by atoms with E-state index >= 15 is 0 Å². The van der Waals surface area contributed by atoms with Crippen molar-refractivity contribution in [3.63, 3.8) is 0 Å². The van der Waals surface area contributed by atoms with E-state index in [9.17, 15) is 18.7 Å². The number of halogens is 2. The Bertz CT molecular complexity index is 751. The maximum Gasteiger partial charge on any atom is 0.224 e. The number of rotatable bonds is 6. The number of benzene rings is 2. The fraction of sp³-hybridized carbons (Fsp3) is 0.350. The third-order valence-corrected chi connectivity index (χ3v) is 4.72. The van der Waals surface area contributed by atoms with E-state index in [0.29, 0.717) is 18.4 Å². The molecule has 0 bridgehead atoms. The zero-order valence-electron chi connectivity index (χ0n) is 14.0. The van der Waals surface area contributed by atoms with Crippen LogP contribution in [-0.4, -0.2) is 23.2 Å². The largest absolute Gasteiger partial charge is 0.391 e. The highest BCUT2D eigenvalue weighted by Gasteiger charge is 2.45. The Morgan fingerprint density at radius 3 is 2.64 bits per heavy atom. The number of carbonyl (C=O) groups is 1. The van der Waals surface area contributed by atoms with Crippen LogP contribution in [-0.2, 0) is 11.2 Å². The molecular formula is C20H21F2NO2. The second-order valence-electron chi connectivity index (χ2n) is 6.67. The molecule has 0 aliphatic heterocycles. The smallest absolute Gasteiger partial charge is 0.224 e. The van der Waals surface area contributed by atoms with Crippen molar-refractivity contribution >= 4 is 5.91 Å². The molecule has 5 heteroatoms. The predicted octanol–water partition coefficient (Wildman–Crippen LogP) is 3.18. The topological polar surface area (TPSA) is 49.3 Å². The molecule has 25 heavy (non-hydrogen) atoms. The molecule has 2 aromatic rings. The summed E-state index contributed by atoms with van der Waals surface area (Å²) in [6.07, 6.45) is 0.282. The van der Waals surface area contributed by atoms with E-state index in [4.69, 9.17) is 0 Å². The minimum atomic E-state index is -0.703. The third kappa shape index (κ3) is 4.23. The summed E-state index contributed by atoms with van der Waals surface area (Å²) in [6, 6.07) is 12.6. The van der Waals surface area contributed by atoms with Crippen LogP contribution in [0.1, 0.15) is 30.4 Å². The van der Waals surface area contributed by atoms with E-state index in [1.54, 1.807) is 6.92 Å². The standard InChI is InChI=1S/C20H21F2NO2/c1-12(19(24)9-13-5-3-2-4-6-13)23-20(25)17-11-16(17)15-8-7-14(21)10-18(15)22/h2-8,10,12,16-17,19,24H,9,11H2,1H3,(H,23,25). The van der Waals surface area contributed by atoms with E-state index < -0.39 is 23.8 Å². The molecule has 0 spiro atoms. The maximum absolute atomic E-state index is 13.8. The normalized spacial score (nSPS) is 21.4. The average Bonchev–Trinajstić information content (AvgIpc) is 3.36. The van der Waals surface area contributed by atoms with E-state index in [0.717, 1.165) is 11.6 Å². The Balaban J connectivity index is 1.54. The molecule has 132 valence electrons. The van der Waals surface area contributed by atoms with Gasteiger partial charge in [-0.15, -0.1) is 0 Å². The van der Waals surface area contributed by atoms with Gasteiger partial charge in [-0.1, -0.05) is 36.4 Å². The maximum atomic E-state index is 13.8. The molecule has 0 aromatic heterocycles. The van der Waals surface area contributed by atoms with Crippen LogP contribution in [0, 0.1) is 17.6 Å². The Morgan fingerprint density at radius 2 is 1.96 bits per heavy atom. The lowest BCUT2D eigenvalue weighted by Gasteiger charge is -2.20.